The normalized spacial score (nSPS) is 26.4. The smallest absolute Gasteiger partial charge is 0.143 e. The number of nitrogens with one attached hydrogen (secondary N) is 1. The number of rotatable bonds is 2. The fraction of sp³-hybridized carbons (Fsp3) is 0.600. The molecular formula is C10H14BrN3. The van der Waals surface area contributed by atoms with Gasteiger partial charge >= 0.3 is 0 Å². The molecule has 2 unspecified atom stereocenters. The summed E-state index contributed by atoms with van der Waals surface area (Å²) in [4.78, 5) is 8.13. The van der Waals surface area contributed by atoms with Gasteiger partial charge in [-0.05, 0) is 41.1 Å². The summed E-state index contributed by atoms with van der Waals surface area (Å²) < 4.78 is 0.944. The third-order valence-corrected chi connectivity index (χ3v) is 3.28. The molecule has 76 valence electrons. The second kappa shape index (κ2) is 4.26. The topological polar surface area (TPSA) is 37.8 Å². The molecule has 2 rings (SSSR count). The van der Waals surface area contributed by atoms with Crippen molar-refractivity contribution in [1.82, 2.24) is 9.97 Å². The van der Waals surface area contributed by atoms with E-state index in [1.807, 2.05) is 0 Å². The maximum atomic E-state index is 4.20. The van der Waals surface area contributed by atoms with Crippen LogP contribution in [-0.2, 0) is 0 Å². The van der Waals surface area contributed by atoms with E-state index < -0.39 is 0 Å². The lowest BCUT2D eigenvalue weighted by Gasteiger charge is -2.13. The van der Waals surface area contributed by atoms with Gasteiger partial charge in [0.1, 0.15) is 12.1 Å². The van der Waals surface area contributed by atoms with Crippen LogP contribution in [-0.4, -0.2) is 16.0 Å². The molecule has 1 aliphatic carbocycles. The van der Waals surface area contributed by atoms with Crippen molar-refractivity contribution in [1.29, 1.82) is 0 Å². The van der Waals surface area contributed by atoms with Gasteiger partial charge in [-0.15, -0.1) is 0 Å². The number of hydrogen-bond acceptors (Lipinski definition) is 3. The molecule has 1 fully saturated rings. The van der Waals surface area contributed by atoms with Crippen LogP contribution in [0.15, 0.2) is 17.0 Å². The van der Waals surface area contributed by atoms with E-state index in [1.165, 1.54) is 19.3 Å². The fourth-order valence-corrected chi connectivity index (χ4v) is 2.29. The van der Waals surface area contributed by atoms with Crippen LogP contribution in [0.1, 0.15) is 26.2 Å². The van der Waals surface area contributed by atoms with Crippen molar-refractivity contribution in [3.8, 4) is 0 Å². The van der Waals surface area contributed by atoms with Crippen LogP contribution in [0.2, 0.25) is 0 Å². The summed E-state index contributed by atoms with van der Waals surface area (Å²) in [5.41, 5.74) is 0. The Balaban J connectivity index is 2.01. The molecule has 0 aromatic carbocycles. The number of aromatic nitrogens is 2. The monoisotopic (exact) mass is 255 g/mol. The van der Waals surface area contributed by atoms with E-state index in [1.54, 1.807) is 12.5 Å². The number of anilines is 1. The largest absolute Gasteiger partial charge is 0.366 e. The lowest BCUT2D eigenvalue weighted by molar-refractivity contribution is 0.602. The van der Waals surface area contributed by atoms with Crippen LogP contribution in [0.5, 0.6) is 0 Å². The SMILES string of the molecule is CC1CCC(Nc2ncncc2Br)C1. The first-order chi connectivity index (χ1) is 6.75. The highest BCUT2D eigenvalue weighted by Gasteiger charge is 2.21. The minimum absolute atomic E-state index is 0.580. The molecule has 0 amide bonds. The van der Waals surface area contributed by atoms with Gasteiger partial charge in [-0.1, -0.05) is 6.92 Å². The molecule has 1 aliphatic rings. The summed E-state index contributed by atoms with van der Waals surface area (Å²) >= 11 is 3.43. The van der Waals surface area contributed by atoms with Crippen molar-refractivity contribution in [2.24, 2.45) is 5.92 Å². The third-order valence-electron chi connectivity index (χ3n) is 2.70. The highest BCUT2D eigenvalue weighted by atomic mass is 79.9. The Morgan fingerprint density at radius 1 is 1.50 bits per heavy atom. The highest BCUT2D eigenvalue weighted by Crippen LogP contribution is 2.28. The average Bonchev–Trinajstić information content (AvgIpc) is 2.56. The first-order valence-corrected chi connectivity index (χ1v) is 5.77. The third kappa shape index (κ3) is 2.23. The van der Waals surface area contributed by atoms with E-state index in [0.29, 0.717) is 6.04 Å². The molecule has 1 N–H and O–H groups in total. The molecule has 0 bridgehead atoms. The van der Waals surface area contributed by atoms with Crippen LogP contribution in [0.4, 0.5) is 5.82 Å². The van der Waals surface area contributed by atoms with Crippen LogP contribution in [0.25, 0.3) is 0 Å². The van der Waals surface area contributed by atoms with Gasteiger partial charge in [0, 0.05) is 12.2 Å². The molecule has 1 aromatic rings. The number of halogens is 1. The molecule has 0 radical (unpaired) electrons. The van der Waals surface area contributed by atoms with E-state index in [2.05, 4.69) is 38.1 Å². The summed E-state index contributed by atoms with van der Waals surface area (Å²) in [6, 6.07) is 0.580. The Labute approximate surface area is 92.5 Å². The van der Waals surface area contributed by atoms with Crippen LogP contribution >= 0.6 is 15.9 Å². The molecule has 2 atom stereocenters. The molecule has 4 heteroatoms. The van der Waals surface area contributed by atoms with Crippen molar-refractivity contribution >= 4 is 21.7 Å². The van der Waals surface area contributed by atoms with Gasteiger partial charge < -0.3 is 5.32 Å². The van der Waals surface area contributed by atoms with E-state index >= 15 is 0 Å². The molecule has 1 heterocycles. The first kappa shape index (κ1) is 9.90. The van der Waals surface area contributed by atoms with Crippen molar-refractivity contribution in [2.45, 2.75) is 32.2 Å². The predicted octanol–water partition coefficient (Wildman–Crippen LogP) is 2.84. The van der Waals surface area contributed by atoms with E-state index in [9.17, 15) is 0 Å². The van der Waals surface area contributed by atoms with Gasteiger partial charge in [-0.25, -0.2) is 9.97 Å². The maximum Gasteiger partial charge on any atom is 0.143 e. The van der Waals surface area contributed by atoms with Gasteiger partial charge in [-0.2, -0.15) is 0 Å². The van der Waals surface area contributed by atoms with Crippen LogP contribution < -0.4 is 5.32 Å². The van der Waals surface area contributed by atoms with E-state index in [0.717, 1.165) is 16.2 Å². The Morgan fingerprint density at radius 2 is 2.36 bits per heavy atom. The Bertz CT molecular complexity index is 316. The summed E-state index contributed by atoms with van der Waals surface area (Å²) in [6.07, 6.45) is 7.16. The summed E-state index contributed by atoms with van der Waals surface area (Å²) in [7, 11) is 0. The molecule has 1 aromatic heterocycles. The van der Waals surface area contributed by atoms with Gasteiger partial charge in [0.2, 0.25) is 0 Å². The minimum atomic E-state index is 0.580. The second-order valence-corrected chi connectivity index (χ2v) is 4.83. The quantitative estimate of drug-likeness (QED) is 0.884. The van der Waals surface area contributed by atoms with Gasteiger partial charge in [0.25, 0.3) is 0 Å². The standard InChI is InChI=1S/C10H14BrN3/c1-7-2-3-8(4-7)14-10-9(11)5-12-6-13-10/h5-8H,2-4H2,1H3,(H,12,13,14). The maximum absolute atomic E-state index is 4.20. The van der Waals surface area contributed by atoms with Crippen molar-refractivity contribution in [3.05, 3.63) is 17.0 Å². The van der Waals surface area contributed by atoms with E-state index in [-0.39, 0.29) is 0 Å². The van der Waals surface area contributed by atoms with Crippen molar-refractivity contribution in [2.75, 3.05) is 5.32 Å². The first-order valence-electron chi connectivity index (χ1n) is 4.97. The molecule has 0 spiro atoms. The highest BCUT2D eigenvalue weighted by molar-refractivity contribution is 9.10. The van der Waals surface area contributed by atoms with Crippen LogP contribution in [0.3, 0.4) is 0 Å². The lowest BCUT2D eigenvalue weighted by atomic mass is 10.1. The Kier molecular flexibility index (Phi) is 3.01. The zero-order valence-corrected chi connectivity index (χ0v) is 9.79. The van der Waals surface area contributed by atoms with E-state index in [4.69, 9.17) is 0 Å². The molecule has 14 heavy (non-hydrogen) atoms. The zero-order valence-electron chi connectivity index (χ0n) is 8.20. The predicted molar refractivity (Wildman–Crippen MR) is 60.2 cm³/mol. The lowest BCUT2D eigenvalue weighted by Crippen LogP contribution is -2.16. The number of hydrogen-bond donors (Lipinski definition) is 1. The fourth-order valence-electron chi connectivity index (χ4n) is 1.95. The molecule has 0 aliphatic heterocycles. The van der Waals surface area contributed by atoms with Crippen molar-refractivity contribution in [3.63, 3.8) is 0 Å². The summed E-state index contributed by atoms with van der Waals surface area (Å²) in [6.45, 7) is 2.30. The molecule has 1 saturated carbocycles. The van der Waals surface area contributed by atoms with Gasteiger partial charge in [-0.3, -0.25) is 0 Å². The van der Waals surface area contributed by atoms with Crippen molar-refractivity contribution < 1.29 is 0 Å². The minimum Gasteiger partial charge on any atom is -0.366 e. The molecular weight excluding hydrogens is 242 g/mol. The average molecular weight is 256 g/mol. The molecule has 0 saturated heterocycles. The molecule has 3 nitrogen and oxygen atoms in total. The Morgan fingerprint density at radius 3 is 3.00 bits per heavy atom. The number of nitrogens with zero attached hydrogens (tertiary/aromatic N) is 2. The second-order valence-electron chi connectivity index (χ2n) is 3.98. The Hall–Kier alpha value is -0.640. The van der Waals surface area contributed by atoms with Gasteiger partial charge in [0.15, 0.2) is 0 Å². The zero-order chi connectivity index (χ0) is 9.97. The summed E-state index contributed by atoms with van der Waals surface area (Å²) in [5.74, 6) is 1.76. The van der Waals surface area contributed by atoms with Gasteiger partial charge in [0.05, 0.1) is 4.47 Å². The van der Waals surface area contributed by atoms with Crippen LogP contribution in [0, 0.1) is 5.92 Å². The summed E-state index contributed by atoms with van der Waals surface area (Å²) in [5, 5.41) is 3.44.